The van der Waals surface area contributed by atoms with Crippen LogP contribution in [0.2, 0.25) is 0 Å². The van der Waals surface area contributed by atoms with Crippen molar-refractivity contribution in [2.24, 2.45) is 0 Å². The maximum Gasteiger partial charge on any atom is 0.0487 e. The first kappa shape index (κ1) is 9.00. The minimum atomic E-state index is 1.30. The molecule has 0 aliphatic heterocycles. The van der Waals surface area contributed by atoms with Gasteiger partial charge in [0.15, 0.2) is 0 Å². The molecule has 2 heteroatoms. The average Bonchev–Trinajstić information content (AvgIpc) is 2.92. The van der Waals surface area contributed by atoms with Crippen LogP contribution in [0, 0.1) is 0 Å². The number of aromatic nitrogens is 2. The third-order valence-corrected chi connectivity index (χ3v) is 2.42. The van der Waals surface area contributed by atoms with Crippen molar-refractivity contribution in [3.05, 3.63) is 53.9 Å². The largest absolute Gasteiger partial charge is 0.286 e. The van der Waals surface area contributed by atoms with Gasteiger partial charge in [0.2, 0.25) is 0 Å². The van der Waals surface area contributed by atoms with Gasteiger partial charge in [-0.1, -0.05) is 24.3 Å². The summed E-state index contributed by atoms with van der Waals surface area (Å²) in [5.41, 5.74) is 3.13. The third kappa shape index (κ3) is 2.22. The lowest BCUT2D eigenvalue weighted by Gasteiger charge is -1.93. The summed E-state index contributed by atoms with van der Waals surface area (Å²) < 4.78 is 0. The molecule has 1 aliphatic rings. The van der Waals surface area contributed by atoms with Crippen LogP contribution in [-0.2, 0) is 12.8 Å². The van der Waals surface area contributed by atoms with Crippen molar-refractivity contribution in [2.45, 2.75) is 19.3 Å². The number of hydrogen-bond acceptors (Lipinski definition) is 1. The quantitative estimate of drug-likeness (QED) is 0.673. The van der Waals surface area contributed by atoms with E-state index in [0.717, 1.165) is 0 Å². The van der Waals surface area contributed by atoms with Gasteiger partial charge in [-0.25, -0.2) is 0 Å². The number of nitrogens with zero attached hydrogens (tertiary/aromatic N) is 1. The fourth-order valence-corrected chi connectivity index (χ4v) is 1.73. The standard InChI is InChI=1S/C9H10.C3H4N2/c1-2-5-9-7-3-6-8(9)4-1;1-2-4-5-3-1/h1-2,4-5H,3,6-7H2;1-3H,(H,4,5). The van der Waals surface area contributed by atoms with E-state index in [9.17, 15) is 0 Å². The van der Waals surface area contributed by atoms with Crippen LogP contribution in [0.5, 0.6) is 0 Å². The molecule has 2 aromatic rings. The number of aryl methyl sites for hydroxylation is 2. The van der Waals surface area contributed by atoms with Crippen LogP contribution < -0.4 is 0 Å². The molecule has 1 N–H and O–H groups in total. The second-order valence-electron chi connectivity index (χ2n) is 3.39. The van der Waals surface area contributed by atoms with Crippen molar-refractivity contribution >= 4 is 0 Å². The Labute approximate surface area is 84.0 Å². The third-order valence-electron chi connectivity index (χ3n) is 2.42. The van der Waals surface area contributed by atoms with E-state index in [1.54, 1.807) is 23.5 Å². The zero-order valence-corrected chi connectivity index (χ0v) is 8.11. The summed E-state index contributed by atoms with van der Waals surface area (Å²) in [7, 11) is 0. The van der Waals surface area contributed by atoms with Crippen molar-refractivity contribution in [1.29, 1.82) is 0 Å². The maximum atomic E-state index is 3.60. The Morgan fingerprint density at radius 2 is 1.71 bits per heavy atom. The molecule has 0 bridgehead atoms. The Bertz CT molecular complexity index is 325. The molecular weight excluding hydrogens is 172 g/mol. The summed E-state index contributed by atoms with van der Waals surface area (Å²) in [4.78, 5) is 0. The van der Waals surface area contributed by atoms with Gasteiger partial charge in [0, 0.05) is 12.4 Å². The Morgan fingerprint density at radius 3 is 2.14 bits per heavy atom. The van der Waals surface area contributed by atoms with Crippen molar-refractivity contribution in [3.8, 4) is 0 Å². The Morgan fingerprint density at radius 1 is 1.00 bits per heavy atom. The molecule has 0 unspecified atom stereocenters. The summed E-state index contributed by atoms with van der Waals surface area (Å²) in [6.45, 7) is 0. The summed E-state index contributed by atoms with van der Waals surface area (Å²) >= 11 is 0. The molecule has 0 saturated heterocycles. The minimum absolute atomic E-state index is 1.30. The summed E-state index contributed by atoms with van der Waals surface area (Å²) in [5.74, 6) is 0. The van der Waals surface area contributed by atoms with Crippen LogP contribution >= 0.6 is 0 Å². The van der Waals surface area contributed by atoms with Crippen molar-refractivity contribution < 1.29 is 0 Å². The molecule has 2 nitrogen and oxygen atoms in total. The van der Waals surface area contributed by atoms with Crippen LogP contribution in [0.4, 0.5) is 0 Å². The molecule has 1 aromatic heterocycles. The van der Waals surface area contributed by atoms with Gasteiger partial charge in [-0.3, -0.25) is 5.10 Å². The maximum absolute atomic E-state index is 3.60. The fourth-order valence-electron chi connectivity index (χ4n) is 1.73. The van der Waals surface area contributed by atoms with E-state index in [0.29, 0.717) is 0 Å². The van der Waals surface area contributed by atoms with Gasteiger partial charge in [0.25, 0.3) is 0 Å². The van der Waals surface area contributed by atoms with E-state index in [2.05, 4.69) is 34.5 Å². The van der Waals surface area contributed by atoms with E-state index >= 15 is 0 Å². The van der Waals surface area contributed by atoms with Crippen LogP contribution in [0.1, 0.15) is 17.5 Å². The highest BCUT2D eigenvalue weighted by molar-refractivity contribution is 5.30. The number of hydrogen-bond donors (Lipinski definition) is 1. The van der Waals surface area contributed by atoms with E-state index in [4.69, 9.17) is 0 Å². The molecule has 0 amide bonds. The number of aromatic amines is 1. The molecule has 0 atom stereocenters. The van der Waals surface area contributed by atoms with Gasteiger partial charge >= 0.3 is 0 Å². The number of benzene rings is 1. The zero-order valence-electron chi connectivity index (χ0n) is 8.11. The molecule has 1 aromatic carbocycles. The molecule has 0 radical (unpaired) electrons. The Balaban J connectivity index is 0.000000128. The summed E-state index contributed by atoms with van der Waals surface area (Å²) in [5, 5.41) is 6.21. The Hall–Kier alpha value is -1.57. The monoisotopic (exact) mass is 186 g/mol. The van der Waals surface area contributed by atoms with Gasteiger partial charge in [-0.2, -0.15) is 5.10 Å². The van der Waals surface area contributed by atoms with Gasteiger partial charge in [0.05, 0.1) is 0 Å². The highest BCUT2D eigenvalue weighted by Crippen LogP contribution is 2.20. The highest BCUT2D eigenvalue weighted by atomic mass is 15.1. The summed E-state index contributed by atoms with van der Waals surface area (Å²) in [6, 6.07) is 10.6. The SMILES string of the molecule is c1ccc2c(c1)CCC2.c1cn[nH]c1. The van der Waals surface area contributed by atoms with E-state index in [-0.39, 0.29) is 0 Å². The summed E-state index contributed by atoms with van der Waals surface area (Å²) in [6.07, 6.45) is 7.42. The van der Waals surface area contributed by atoms with Crippen LogP contribution in [-0.4, -0.2) is 10.2 Å². The molecule has 0 spiro atoms. The van der Waals surface area contributed by atoms with Crippen molar-refractivity contribution in [3.63, 3.8) is 0 Å². The Kier molecular flexibility index (Phi) is 2.96. The smallest absolute Gasteiger partial charge is 0.0487 e. The zero-order chi connectivity index (χ0) is 9.64. The van der Waals surface area contributed by atoms with Gasteiger partial charge in [-0.15, -0.1) is 0 Å². The predicted molar refractivity (Wildman–Crippen MR) is 57.1 cm³/mol. The van der Waals surface area contributed by atoms with E-state index in [1.807, 2.05) is 6.07 Å². The molecule has 1 aliphatic carbocycles. The minimum Gasteiger partial charge on any atom is -0.286 e. The lowest BCUT2D eigenvalue weighted by molar-refractivity contribution is 0.912. The van der Waals surface area contributed by atoms with E-state index in [1.165, 1.54) is 19.3 Å². The number of nitrogens with one attached hydrogen (secondary N) is 1. The second kappa shape index (κ2) is 4.61. The van der Waals surface area contributed by atoms with Crippen molar-refractivity contribution in [1.82, 2.24) is 10.2 Å². The lowest BCUT2D eigenvalue weighted by Crippen LogP contribution is -1.77. The highest BCUT2D eigenvalue weighted by Gasteiger charge is 2.07. The molecule has 1 heterocycles. The van der Waals surface area contributed by atoms with Crippen LogP contribution in [0.25, 0.3) is 0 Å². The lowest BCUT2D eigenvalue weighted by atomic mass is 10.1. The number of H-pyrrole nitrogens is 1. The molecule has 72 valence electrons. The fraction of sp³-hybridized carbons (Fsp3) is 0.250. The predicted octanol–water partition coefficient (Wildman–Crippen LogP) is 2.58. The van der Waals surface area contributed by atoms with E-state index < -0.39 is 0 Å². The first-order chi connectivity index (χ1) is 6.97. The first-order valence-electron chi connectivity index (χ1n) is 4.97. The second-order valence-corrected chi connectivity index (χ2v) is 3.39. The van der Waals surface area contributed by atoms with Gasteiger partial charge in [0.1, 0.15) is 0 Å². The first-order valence-corrected chi connectivity index (χ1v) is 4.97. The topological polar surface area (TPSA) is 28.7 Å². The van der Waals surface area contributed by atoms with Gasteiger partial charge < -0.3 is 0 Å². The number of fused-ring (bicyclic) bond motifs is 1. The van der Waals surface area contributed by atoms with Crippen molar-refractivity contribution in [2.75, 3.05) is 0 Å². The average molecular weight is 186 g/mol. The van der Waals surface area contributed by atoms with Gasteiger partial charge in [-0.05, 0) is 36.5 Å². The molecule has 14 heavy (non-hydrogen) atoms. The molecule has 0 saturated carbocycles. The number of rotatable bonds is 0. The molecule has 0 fully saturated rings. The molecular formula is C12H14N2. The van der Waals surface area contributed by atoms with Crippen LogP contribution in [0.3, 0.4) is 0 Å². The van der Waals surface area contributed by atoms with Crippen LogP contribution in [0.15, 0.2) is 42.7 Å². The molecule has 3 rings (SSSR count). The normalized spacial score (nSPS) is 12.9.